The van der Waals surface area contributed by atoms with Crippen LogP contribution in [-0.2, 0) is 0 Å². The predicted molar refractivity (Wildman–Crippen MR) is 97.3 cm³/mol. The fraction of sp³-hybridized carbons (Fsp3) is 0.235. The lowest BCUT2D eigenvalue weighted by atomic mass is 10.2. The Morgan fingerprint density at radius 3 is 2.48 bits per heavy atom. The highest BCUT2D eigenvalue weighted by atomic mass is 35.5. The first-order chi connectivity index (χ1) is 11.9. The monoisotopic (exact) mass is 359 g/mol. The number of hydrogen-bond acceptors (Lipinski definition) is 7. The van der Waals surface area contributed by atoms with Gasteiger partial charge >= 0.3 is 0 Å². The van der Waals surface area contributed by atoms with Gasteiger partial charge in [0.2, 0.25) is 5.95 Å². The molecule has 0 bridgehead atoms. The zero-order chi connectivity index (χ0) is 18.0. The summed E-state index contributed by atoms with van der Waals surface area (Å²) < 4.78 is 10.4. The molecule has 130 valence electrons. The first-order valence-corrected chi connectivity index (χ1v) is 7.99. The molecule has 25 heavy (non-hydrogen) atoms. The minimum Gasteiger partial charge on any atom is -0.495 e. The fourth-order valence-electron chi connectivity index (χ4n) is 2.30. The van der Waals surface area contributed by atoms with Crippen LogP contribution in [0.3, 0.4) is 0 Å². The Hall–Kier alpha value is -2.80. The molecule has 0 aliphatic carbocycles. The van der Waals surface area contributed by atoms with Crippen molar-refractivity contribution in [1.82, 2.24) is 15.1 Å². The van der Waals surface area contributed by atoms with Crippen molar-refractivity contribution in [2.24, 2.45) is 0 Å². The van der Waals surface area contributed by atoms with Gasteiger partial charge in [0, 0.05) is 28.9 Å². The molecule has 3 rings (SSSR count). The zero-order valence-electron chi connectivity index (χ0n) is 14.3. The molecule has 2 heterocycles. The summed E-state index contributed by atoms with van der Waals surface area (Å²) in [6.07, 6.45) is 0. The van der Waals surface area contributed by atoms with Crippen LogP contribution in [0.1, 0.15) is 17.0 Å². The minimum absolute atomic E-state index is 0.417. The topological polar surface area (TPSA) is 85.1 Å². The standard InChI is InChI=1S/C17H18ClN5O2/c1-9-5-13(14(24-4)8-12(9)18)20-15-6-10(2)19-17(21-15)22-16-7-11(3)25-23-16/h5-8H,1-4H3,(H2,19,20,21,22,23). The van der Waals surface area contributed by atoms with Gasteiger partial charge in [0.05, 0.1) is 12.8 Å². The smallest absolute Gasteiger partial charge is 0.230 e. The number of hydrogen-bond donors (Lipinski definition) is 2. The summed E-state index contributed by atoms with van der Waals surface area (Å²) in [6.45, 7) is 5.63. The number of rotatable bonds is 5. The van der Waals surface area contributed by atoms with Gasteiger partial charge in [-0.25, -0.2) is 4.98 Å². The normalized spacial score (nSPS) is 10.6. The van der Waals surface area contributed by atoms with Crippen LogP contribution >= 0.6 is 11.6 Å². The lowest BCUT2D eigenvalue weighted by Crippen LogP contribution is -2.03. The number of anilines is 4. The molecule has 0 radical (unpaired) electrons. The Bertz CT molecular complexity index is 910. The average Bonchev–Trinajstić information content (AvgIpc) is 2.95. The molecule has 2 aromatic heterocycles. The SMILES string of the molecule is COc1cc(Cl)c(C)cc1Nc1cc(C)nc(Nc2cc(C)on2)n1. The number of aromatic nitrogens is 3. The third-order valence-corrected chi connectivity index (χ3v) is 3.87. The van der Waals surface area contributed by atoms with Gasteiger partial charge in [-0.3, -0.25) is 0 Å². The Morgan fingerprint density at radius 2 is 1.80 bits per heavy atom. The summed E-state index contributed by atoms with van der Waals surface area (Å²) in [6, 6.07) is 7.28. The van der Waals surface area contributed by atoms with Gasteiger partial charge in [-0.15, -0.1) is 0 Å². The van der Waals surface area contributed by atoms with Crippen LogP contribution in [-0.4, -0.2) is 22.2 Å². The molecule has 0 spiro atoms. The van der Waals surface area contributed by atoms with E-state index in [9.17, 15) is 0 Å². The molecule has 2 N–H and O–H groups in total. The van der Waals surface area contributed by atoms with E-state index in [-0.39, 0.29) is 0 Å². The summed E-state index contributed by atoms with van der Waals surface area (Å²) >= 11 is 6.15. The molecular formula is C17H18ClN5O2. The molecule has 0 aliphatic rings. The van der Waals surface area contributed by atoms with Gasteiger partial charge in [-0.1, -0.05) is 16.8 Å². The number of aryl methyl sites for hydroxylation is 3. The van der Waals surface area contributed by atoms with E-state index in [1.165, 1.54) is 0 Å². The quantitative estimate of drug-likeness (QED) is 0.691. The van der Waals surface area contributed by atoms with Crippen molar-refractivity contribution in [3.8, 4) is 5.75 Å². The zero-order valence-corrected chi connectivity index (χ0v) is 15.1. The van der Waals surface area contributed by atoms with Crippen molar-refractivity contribution in [3.05, 3.63) is 46.3 Å². The lowest BCUT2D eigenvalue weighted by Gasteiger charge is -2.13. The van der Waals surface area contributed by atoms with Crippen molar-refractivity contribution in [2.45, 2.75) is 20.8 Å². The molecule has 0 saturated heterocycles. The first-order valence-electron chi connectivity index (χ1n) is 7.62. The van der Waals surface area contributed by atoms with Crippen LogP contribution in [0.2, 0.25) is 5.02 Å². The number of halogens is 1. The first kappa shape index (κ1) is 17.0. The number of methoxy groups -OCH3 is 1. The van der Waals surface area contributed by atoms with Crippen LogP contribution in [0.5, 0.6) is 5.75 Å². The average molecular weight is 360 g/mol. The third-order valence-electron chi connectivity index (χ3n) is 3.47. The van der Waals surface area contributed by atoms with Crippen LogP contribution in [0, 0.1) is 20.8 Å². The van der Waals surface area contributed by atoms with E-state index >= 15 is 0 Å². The molecule has 0 amide bonds. The van der Waals surface area contributed by atoms with Crippen molar-refractivity contribution in [2.75, 3.05) is 17.7 Å². The molecular weight excluding hydrogens is 342 g/mol. The van der Waals surface area contributed by atoms with E-state index in [0.29, 0.717) is 34.1 Å². The maximum atomic E-state index is 6.15. The Morgan fingerprint density at radius 1 is 1.00 bits per heavy atom. The maximum absolute atomic E-state index is 6.15. The highest BCUT2D eigenvalue weighted by Crippen LogP contribution is 2.33. The second-order valence-electron chi connectivity index (χ2n) is 5.59. The van der Waals surface area contributed by atoms with Crippen LogP contribution < -0.4 is 15.4 Å². The van der Waals surface area contributed by atoms with Crippen LogP contribution in [0.4, 0.5) is 23.3 Å². The van der Waals surface area contributed by atoms with E-state index in [0.717, 1.165) is 16.9 Å². The number of benzene rings is 1. The van der Waals surface area contributed by atoms with Gasteiger partial charge in [-0.2, -0.15) is 4.98 Å². The molecule has 1 aromatic carbocycles. The Labute approximate surface area is 150 Å². The fourth-order valence-corrected chi connectivity index (χ4v) is 2.45. The Balaban J connectivity index is 1.89. The second kappa shape index (κ2) is 6.98. The van der Waals surface area contributed by atoms with E-state index in [4.69, 9.17) is 20.9 Å². The molecule has 0 saturated carbocycles. The van der Waals surface area contributed by atoms with Crippen molar-refractivity contribution < 1.29 is 9.26 Å². The summed E-state index contributed by atoms with van der Waals surface area (Å²) in [4.78, 5) is 8.82. The second-order valence-corrected chi connectivity index (χ2v) is 6.00. The van der Waals surface area contributed by atoms with E-state index in [2.05, 4.69) is 25.8 Å². The minimum atomic E-state index is 0.417. The van der Waals surface area contributed by atoms with E-state index in [1.54, 1.807) is 19.2 Å². The summed E-state index contributed by atoms with van der Waals surface area (Å²) in [5, 5.41) is 10.8. The summed E-state index contributed by atoms with van der Waals surface area (Å²) in [5.74, 6) is 2.92. The highest BCUT2D eigenvalue weighted by Gasteiger charge is 2.10. The summed E-state index contributed by atoms with van der Waals surface area (Å²) in [7, 11) is 1.59. The Kier molecular flexibility index (Phi) is 4.76. The largest absolute Gasteiger partial charge is 0.495 e. The number of ether oxygens (including phenoxy) is 1. The van der Waals surface area contributed by atoms with Crippen molar-refractivity contribution >= 4 is 34.9 Å². The third kappa shape index (κ3) is 4.00. The van der Waals surface area contributed by atoms with Gasteiger partial charge in [0.1, 0.15) is 17.3 Å². The van der Waals surface area contributed by atoms with Gasteiger partial charge in [0.25, 0.3) is 0 Å². The van der Waals surface area contributed by atoms with Crippen molar-refractivity contribution in [1.29, 1.82) is 0 Å². The predicted octanol–water partition coefficient (Wildman–Crippen LogP) is 4.54. The molecule has 7 nitrogen and oxygen atoms in total. The molecule has 0 unspecified atom stereocenters. The maximum Gasteiger partial charge on any atom is 0.230 e. The van der Waals surface area contributed by atoms with Gasteiger partial charge < -0.3 is 19.9 Å². The van der Waals surface area contributed by atoms with Gasteiger partial charge in [-0.05, 0) is 32.4 Å². The van der Waals surface area contributed by atoms with Crippen LogP contribution in [0.25, 0.3) is 0 Å². The van der Waals surface area contributed by atoms with Crippen molar-refractivity contribution in [3.63, 3.8) is 0 Å². The molecule has 3 aromatic rings. The van der Waals surface area contributed by atoms with E-state index in [1.807, 2.05) is 32.9 Å². The lowest BCUT2D eigenvalue weighted by molar-refractivity contribution is 0.400. The number of nitrogens with one attached hydrogen (secondary N) is 2. The molecule has 0 atom stereocenters. The van der Waals surface area contributed by atoms with Crippen LogP contribution in [0.15, 0.2) is 28.8 Å². The van der Waals surface area contributed by atoms with E-state index < -0.39 is 0 Å². The summed E-state index contributed by atoms with van der Waals surface area (Å²) in [5.41, 5.74) is 2.50. The number of nitrogens with zero attached hydrogens (tertiary/aromatic N) is 3. The van der Waals surface area contributed by atoms with Gasteiger partial charge in [0.15, 0.2) is 5.82 Å². The molecule has 0 aliphatic heterocycles. The molecule has 0 fully saturated rings. The molecule has 8 heteroatoms. The highest BCUT2D eigenvalue weighted by molar-refractivity contribution is 6.31.